The zero-order valence-corrected chi connectivity index (χ0v) is 14.8. The highest BCUT2D eigenvalue weighted by molar-refractivity contribution is 7.78. The van der Waals surface area contributed by atoms with Crippen molar-refractivity contribution < 1.29 is 31.1 Å². The smallest absolute Gasteiger partial charge is 0.573 e. The molecule has 0 saturated carbocycles. The van der Waals surface area contributed by atoms with Gasteiger partial charge in [-0.15, -0.1) is 13.2 Å². The molecule has 8 heteroatoms. The molecule has 2 aromatic rings. The number of allylic oxidation sites excluding steroid dienone is 2. The molecule has 0 aliphatic heterocycles. The predicted octanol–water partition coefficient (Wildman–Crippen LogP) is 5.20. The lowest BCUT2D eigenvalue weighted by atomic mass is 9.96. The van der Waals surface area contributed by atoms with E-state index >= 15 is 0 Å². The van der Waals surface area contributed by atoms with E-state index in [1.54, 1.807) is 18.2 Å². The number of alkyl halides is 3. The Bertz CT molecular complexity index is 889. The van der Waals surface area contributed by atoms with Crippen LogP contribution >= 0.6 is 0 Å². The van der Waals surface area contributed by atoms with E-state index in [0.29, 0.717) is 12.0 Å². The monoisotopic (exact) mass is 399 g/mol. The van der Waals surface area contributed by atoms with Crippen LogP contribution in [0.2, 0.25) is 0 Å². The van der Waals surface area contributed by atoms with Crippen molar-refractivity contribution >= 4 is 22.2 Å². The summed E-state index contributed by atoms with van der Waals surface area (Å²) in [7, 11) is 0. The Morgan fingerprint density at radius 2 is 1.59 bits per heavy atom. The van der Waals surface area contributed by atoms with E-state index in [9.17, 15) is 26.3 Å². The van der Waals surface area contributed by atoms with Gasteiger partial charge in [-0.3, -0.25) is 4.21 Å². The first kappa shape index (κ1) is 19.6. The summed E-state index contributed by atoms with van der Waals surface area (Å²) in [6, 6.07) is 10.0. The van der Waals surface area contributed by atoms with Gasteiger partial charge in [-0.25, -0.2) is 4.39 Å². The molecule has 0 bridgehead atoms. The second-order valence-corrected chi connectivity index (χ2v) is 7.03. The van der Waals surface area contributed by atoms with Crippen LogP contribution in [-0.4, -0.2) is 15.1 Å². The molecule has 144 valence electrons. The standard InChI is InChI=1S/C19H16F4O3S/c20-18-10-13(4-5-14(18)11-27(24)25)17-3-1-2-16(17)12-6-8-15(9-7-12)26-19(21,22)23/h4-10H,1-3,11H2,(H,24,25)/p-1. The topological polar surface area (TPSA) is 49.4 Å². The van der Waals surface area contributed by atoms with E-state index in [0.717, 1.165) is 29.6 Å². The summed E-state index contributed by atoms with van der Waals surface area (Å²) in [5, 5.41) is 0. The lowest BCUT2D eigenvalue weighted by molar-refractivity contribution is -0.274. The van der Waals surface area contributed by atoms with Crippen LogP contribution in [0, 0.1) is 5.82 Å². The van der Waals surface area contributed by atoms with E-state index in [4.69, 9.17) is 0 Å². The van der Waals surface area contributed by atoms with Crippen molar-refractivity contribution in [2.45, 2.75) is 31.4 Å². The first-order valence-electron chi connectivity index (χ1n) is 8.16. The summed E-state index contributed by atoms with van der Waals surface area (Å²) in [5.74, 6) is -1.28. The van der Waals surface area contributed by atoms with Gasteiger partial charge >= 0.3 is 6.36 Å². The van der Waals surface area contributed by atoms with E-state index in [1.165, 1.54) is 24.3 Å². The maximum Gasteiger partial charge on any atom is 0.573 e. The fraction of sp³-hybridized carbons (Fsp3) is 0.263. The van der Waals surface area contributed by atoms with Gasteiger partial charge < -0.3 is 9.29 Å². The van der Waals surface area contributed by atoms with Gasteiger partial charge in [0.05, 0.1) is 0 Å². The highest BCUT2D eigenvalue weighted by atomic mass is 32.2. The zero-order valence-electron chi connectivity index (χ0n) is 14.0. The molecule has 0 radical (unpaired) electrons. The summed E-state index contributed by atoms with van der Waals surface area (Å²) in [6.45, 7) is 0. The van der Waals surface area contributed by atoms with Gasteiger partial charge in [-0.2, -0.15) is 0 Å². The minimum atomic E-state index is -4.74. The Hall–Kier alpha value is -2.19. The highest BCUT2D eigenvalue weighted by Crippen LogP contribution is 2.40. The van der Waals surface area contributed by atoms with E-state index in [-0.39, 0.29) is 11.3 Å². The lowest BCUT2D eigenvalue weighted by Crippen LogP contribution is -2.16. The summed E-state index contributed by atoms with van der Waals surface area (Å²) in [5.41, 5.74) is 3.35. The van der Waals surface area contributed by atoms with Crippen molar-refractivity contribution in [1.82, 2.24) is 0 Å². The summed E-state index contributed by atoms with van der Waals surface area (Å²) in [6.07, 6.45) is -2.46. The Morgan fingerprint density at radius 3 is 2.15 bits per heavy atom. The van der Waals surface area contributed by atoms with Crippen molar-refractivity contribution in [3.63, 3.8) is 0 Å². The molecule has 0 aromatic heterocycles. The van der Waals surface area contributed by atoms with Gasteiger partial charge in [0.2, 0.25) is 0 Å². The number of hydrogen-bond acceptors (Lipinski definition) is 3. The number of halogens is 4. The third kappa shape index (κ3) is 4.95. The predicted molar refractivity (Wildman–Crippen MR) is 92.8 cm³/mol. The minimum Gasteiger partial charge on any atom is -0.772 e. The third-order valence-electron chi connectivity index (χ3n) is 4.33. The number of ether oxygens (including phenoxy) is 1. The molecular weight excluding hydrogens is 384 g/mol. The van der Waals surface area contributed by atoms with Crippen molar-refractivity contribution in [3.8, 4) is 5.75 Å². The molecule has 3 rings (SSSR count). The second-order valence-electron chi connectivity index (χ2n) is 6.14. The van der Waals surface area contributed by atoms with Crippen LogP contribution < -0.4 is 4.74 Å². The van der Waals surface area contributed by atoms with E-state index in [1.807, 2.05) is 0 Å². The van der Waals surface area contributed by atoms with Crippen LogP contribution in [0.4, 0.5) is 17.6 Å². The van der Waals surface area contributed by atoms with E-state index in [2.05, 4.69) is 4.74 Å². The van der Waals surface area contributed by atoms with Gasteiger partial charge in [0.25, 0.3) is 0 Å². The Kier molecular flexibility index (Phi) is 5.67. The zero-order chi connectivity index (χ0) is 19.6. The van der Waals surface area contributed by atoms with Crippen LogP contribution in [0.1, 0.15) is 36.0 Å². The maximum atomic E-state index is 14.2. The summed E-state index contributed by atoms with van der Waals surface area (Å²) < 4.78 is 76.4. The molecule has 1 aliphatic rings. The molecule has 27 heavy (non-hydrogen) atoms. The molecular formula is C19H15F4O3S-. The SMILES string of the molecule is O=S([O-])Cc1ccc(C2=C(c3ccc(OC(F)(F)F)cc3)CCC2)cc1F. The third-order valence-corrected chi connectivity index (χ3v) is 4.88. The van der Waals surface area contributed by atoms with Crippen molar-refractivity contribution in [2.24, 2.45) is 0 Å². The van der Waals surface area contributed by atoms with Crippen molar-refractivity contribution in [1.29, 1.82) is 0 Å². The summed E-state index contributed by atoms with van der Waals surface area (Å²) >= 11 is -2.38. The van der Waals surface area contributed by atoms with E-state index < -0.39 is 29.0 Å². The normalized spacial score (nSPS) is 15.9. The number of benzene rings is 2. The Morgan fingerprint density at radius 1 is 1.00 bits per heavy atom. The van der Waals surface area contributed by atoms with Crippen LogP contribution in [0.5, 0.6) is 5.75 Å². The van der Waals surface area contributed by atoms with Crippen LogP contribution in [-0.2, 0) is 16.8 Å². The molecule has 0 spiro atoms. The Balaban J connectivity index is 1.89. The molecule has 0 fully saturated rings. The van der Waals surface area contributed by atoms with Gasteiger partial charge in [-0.1, -0.05) is 35.3 Å². The summed E-state index contributed by atoms with van der Waals surface area (Å²) in [4.78, 5) is 0. The van der Waals surface area contributed by atoms with Crippen molar-refractivity contribution in [2.75, 3.05) is 0 Å². The van der Waals surface area contributed by atoms with Gasteiger partial charge in [0.1, 0.15) is 11.6 Å². The van der Waals surface area contributed by atoms with Crippen LogP contribution in [0.25, 0.3) is 11.1 Å². The average Bonchev–Trinajstić information content (AvgIpc) is 3.05. The average molecular weight is 399 g/mol. The van der Waals surface area contributed by atoms with Gasteiger partial charge in [0.15, 0.2) is 0 Å². The molecule has 1 atom stereocenters. The number of hydrogen-bond donors (Lipinski definition) is 0. The van der Waals surface area contributed by atoms with Crippen molar-refractivity contribution in [3.05, 3.63) is 65.0 Å². The first-order chi connectivity index (χ1) is 12.7. The molecule has 0 heterocycles. The lowest BCUT2D eigenvalue weighted by Gasteiger charge is -2.12. The molecule has 0 saturated heterocycles. The van der Waals surface area contributed by atoms with Crippen LogP contribution in [0.15, 0.2) is 42.5 Å². The van der Waals surface area contributed by atoms with Gasteiger partial charge in [-0.05, 0) is 65.3 Å². The molecule has 1 unspecified atom stereocenters. The Labute approximate surface area is 156 Å². The quantitative estimate of drug-likeness (QED) is 0.513. The fourth-order valence-electron chi connectivity index (χ4n) is 3.22. The second kappa shape index (κ2) is 7.82. The molecule has 0 N–H and O–H groups in total. The molecule has 2 aromatic carbocycles. The highest BCUT2D eigenvalue weighted by Gasteiger charge is 2.31. The minimum absolute atomic E-state index is 0.0980. The van der Waals surface area contributed by atoms with Gasteiger partial charge in [0, 0.05) is 5.75 Å². The molecule has 0 amide bonds. The fourth-order valence-corrected chi connectivity index (χ4v) is 3.71. The largest absolute Gasteiger partial charge is 0.772 e. The molecule has 3 nitrogen and oxygen atoms in total. The molecule has 1 aliphatic carbocycles. The first-order valence-corrected chi connectivity index (χ1v) is 9.40. The van der Waals surface area contributed by atoms with Crippen LogP contribution in [0.3, 0.4) is 0 Å². The number of rotatable bonds is 5. The maximum absolute atomic E-state index is 14.2.